The summed E-state index contributed by atoms with van der Waals surface area (Å²) in [5.74, 6) is -0.850. The smallest absolute Gasteiger partial charge is 0.306 e. The van der Waals surface area contributed by atoms with E-state index in [4.69, 9.17) is 14.2 Å². The zero-order chi connectivity index (χ0) is 58.5. The Kier molecular flexibility index (Phi) is 66.6. The van der Waals surface area contributed by atoms with E-state index >= 15 is 0 Å². The van der Waals surface area contributed by atoms with Gasteiger partial charge < -0.3 is 14.2 Å². The third kappa shape index (κ3) is 67.5. The van der Waals surface area contributed by atoms with Crippen molar-refractivity contribution in [2.24, 2.45) is 0 Å². The average molecular weight is 1130 g/mol. The molecule has 0 amide bonds. The second kappa shape index (κ2) is 69.3. The summed E-state index contributed by atoms with van der Waals surface area (Å²) < 4.78 is 17.0. The van der Waals surface area contributed by atoms with Crippen LogP contribution < -0.4 is 0 Å². The summed E-state index contributed by atoms with van der Waals surface area (Å²) in [5, 5.41) is 0. The zero-order valence-electron chi connectivity index (χ0n) is 54.1. The van der Waals surface area contributed by atoms with Crippen LogP contribution in [-0.4, -0.2) is 37.2 Å². The molecule has 470 valence electrons. The molecule has 0 bridgehead atoms. The molecule has 0 aromatic heterocycles. The summed E-state index contributed by atoms with van der Waals surface area (Å²) >= 11 is 0. The zero-order valence-corrected chi connectivity index (χ0v) is 54.1. The summed E-state index contributed by atoms with van der Waals surface area (Å²) in [5.41, 5.74) is 0. The second-order valence-electron chi connectivity index (χ2n) is 23.8. The van der Waals surface area contributed by atoms with Crippen molar-refractivity contribution < 1.29 is 28.6 Å². The fraction of sp³-hybridized carbons (Fsp3) is 0.800. The molecule has 81 heavy (non-hydrogen) atoms. The van der Waals surface area contributed by atoms with Gasteiger partial charge >= 0.3 is 17.9 Å². The van der Waals surface area contributed by atoms with Crippen molar-refractivity contribution >= 4 is 17.9 Å². The van der Waals surface area contributed by atoms with Gasteiger partial charge in [-0.3, -0.25) is 14.4 Å². The Morgan fingerprint density at radius 3 is 0.753 bits per heavy atom. The van der Waals surface area contributed by atoms with Crippen molar-refractivity contribution in [2.75, 3.05) is 13.2 Å². The van der Waals surface area contributed by atoms with Crippen LogP contribution in [0.2, 0.25) is 0 Å². The molecule has 6 heteroatoms. The molecule has 0 heterocycles. The first-order valence-corrected chi connectivity index (χ1v) is 35.4. The molecule has 0 aliphatic rings. The van der Waals surface area contributed by atoms with Gasteiger partial charge in [0.15, 0.2) is 6.10 Å². The third-order valence-corrected chi connectivity index (χ3v) is 15.7. The van der Waals surface area contributed by atoms with E-state index in [0.29, 0.717) is 19.3 Å². The predicted octanol–water partition coefficient (Wildman–Crippen LogP) is 24.4. The van der Waals surface area contributed by atoms with Gasteiger partial charge in [0, 0.05) is 19.3 Å². The molecule has 0 saturated heterocycles. The minimum Gasteiger partial charge on any atom is -0.462 e. The molecular weight excluding hydrogens is 997 g/mol. The van der Waals surface area contributed by atoms with Crippen LogP contribution in [0.4, 0.5) is 0 Å². The highest BCUT2D eigenvalue weighted by Crippen LogP contribution is 2.18. The van der Waals surface area contributed by atoms with Crippen LogP contribution in [0.3, 0.4) is 0 Å². The largest absolute Gasteiger partial charge is 0.462 e. The Balaban J connectivity index is 4.27. The van der Waals surface area contributed by atoms with E-state index in [9.17, 15) is 14.4 Å². The Morgan fingerprint density at radius 2 is 0.481 bits per heavy atom. The Morgan fingerprint density at radius 1 is 0.259 bits per heavy atom. The van der Waals surface area contributed by atoms with Crippen LogP contribution in [-0.2, 0) is 28.6 Å². The summed E-state index contributed by atoms with van der Waals surface area (Å²) in [6.07, 6.45) is 90.7. The van der Waals surface area contributed by atoms with Crippen molar-refractivity contribution in [3.05, 3.63) is 72.9 Å². The number of unbranched alkanes of at least 4 members (excludes halogenated alkanes) is 42. The van der Waals surface area contributed by atoms with Gasteiger partial charge in [-0.05, 0) is 70.6 Å². The van der Waals surface area contributed by atoms with Gasteiger partial charge in [-0.25, -0.2) is 0 Å². The number of hydrogen-bond acceptors (Lipinski definition) is 6. The van der Waals surface area contributed by atoms with E-state index in [-0.39, 0.29) is 31.1 Å². The summed E-state index contributed by atoms with van der Waals surface area (Å²) in [7, 11) is 0. The molecule has 1 unspecified atom stereocenters. The number of carbonyl (C=O) groups is 3. The highest BCUT2D eigenvalue weighted by atomic mass is 16.6. The molecular formula is C75H134O6. The maximum Gasteiger partial charge on any atom is 0.306 e. The molecule has 0 aromatic rings. The molecule has 0 N–H and O–H groups in total. The Bertz CT molecular complexity index is 1490. The highest BCUT2D eigenvalue weighted by Gasteiger charge is 2.19. The number of rotatable bonds is 65. The van der Waals surface area contributed by atoms with Gasteiger partial charge in [-0.2, -0.15) is 0 Å². The quantitative estimate of drug-likeness (QED) is 0.0261. The number of carbonyl (C=O) groups excluding carboxylic acids is 3. The van der Waals surface area contributed by atoms with E-state index < -0.39 is 6.10 Å². The highest BCUT2D eigenvalue weighted by molar-refractivity contribution is 5.71. The van der Waals surface area contributed by atoms with Crippen LogP contribution in [0.25, 0.3) is 0 Å². The van der Waals surface area contributed by atoms with Gasteiger partial charge in [0.1, 0.15) is 13.2 Å². The lowest BCUT2D eigenvalue weighted by molar-refractivity contribution is -0.167. The Hall–Kier alpha value is -3.15. The molecule has 0 aliphatic heterocycles. The van der Waals surface area contributed by atoms with Crippen LogP contribution in [0.1, 0.15) is 367 Å². The molecule has 0 aliphatic carbocycles. The van der Waals surface area contributed by atoms with Crippen molar-refractivity contribution in [3.63, 3.8) is 0 Å². The number of esters is 3. The summed E-state index contributed by atoms with van der Waals surface area (Å²) in [6.45, 7) is 6.59. The lowest BCUT2D eigenvalue weighted by Crippen LogP contribution is -2.30. The van der Waals surface area contributed by atoms with Crippen molar-refractivity contribution in [2.45, 2.75) is 374 Å². The Labute approximate surface area is 503 Å². The fourth-order valence-corrected chi connectivity index (χ4v) is 10.5. The standard InChI is InChI=1S/C75H134O6/c1-4-7-10-13-16-19-22-25-28-30-32-34-35-36-37-38-39-40-41-42-44-45-47-50-53-56-59-62-65-68-74(77)80-71-72(70-79-73(76)67-64-61-58-55-52-49-27-24-21-18-15-12-9-6-3)81-75(78)69-66-63-60-57-54-51-48-46-43-33-31-29-26-23-20-17-14-11-8-5-2/h7,10,16,19,25,28,32,34,36-37,39-40,72H,4-6,8-9,11-15,17-18,20-24,26-27,29-31,33,35,38,41-71H2,1-3H3/b10-7-,19-16-,28-25-,34-32-,37-36-,40-39-. The van der Waals surface area contributed by atoms with E-state index in [1.165, 1.54) is 231 Å². The fourth-order valence-electron chi connectivity index (χ4n) is 10.5. The van der Waals surface area contributed by atoms with Crippen LogP contribution in [0, 0.1) is 0 Å². The predicted molar refractivity (Wildman–Crippen MR) is 353 cm³/mol. The SMILES string of the molecule is CC/C=C\C/C=C\C/C=C\C/C=C\C/C=C\C/C=C\CCCCCCCCCCCCC(=O)OCC(COC(=O)CCCCCCCCCCCCCCCC)OC(=O)CCCCCCCCCCCCCCCCCCCCCC. The van der Waals surface area contributed by atoms with Gasteiger partial charge in [0.25, 0.3) is 0 Å². The van der Waals surface area contributed by atoms with Crippen LogP contribution in [0.5, 0.6) is 0 Å². The maximum atomic E-state index is 13.0. The second-order valence-corrected chi connectivity index (χ2v) is 23.8. The topological polar surface area (TPSA) is 78.9 Å². The van der Waals surface area contributed by atoms with Gasteiger partial charge in [-0.15, -0.1) is 0 Å². The third-order valence-electron chi connectivity index (χ3n) is 15.7. The first kappa shape index (κ1) is 77.9. The average Bonchev–Trinajstić information content (AvgIpc) is 3.47. The van der Waals surface area contributed by atoms with Gasteiger partial charge in [-0.1, -0.05) is 351 Å². The van der Waals surface area contributed by atoms with Gasteiger partial charge in [0.05, 0.1) is 0 Å². The van der Waals surface area contributed by atoms with Crippen molar-refractivity contribution in [1.82, 2.24) is 0 Å². The minimum absolute atomic E-state index is 0.0702. The molecule has 0 aromatic carbocycles. The first-order valence-electron chi connectivity index (χ1n) is 35.4. The number of ether oxygens (including phenoxy) is 3. The molecule has 0 rings (SSSR count). The molecule has 6 nitrogen and oxygen atoms in total. The van der Waals surface area contributed by atoms with E-state index in [2.05, 4.69) is 93.7 Å². The van der Waals surface area contributed by atoms with E-state index in [1.54, 1.807) is 0 Å². The van der Waals surface area contributed by atoms with Gasteiger partial charge in [0.2, 0.25) is 0 Å². The monoisotopic (exact) mass is 1130 g/mol. The van der Waals surface area contributed by atoms with Crippen molar-refractivity contribution in [3.8, 4) is 0 Å². The van der Waals surface area contributed by atoms with E-state index in [1.807, 2.05) is 0 Å². The molecule has 1 atom stereocenters. The van der Waals surface area contributed by atoms with E-state index in [0.717, 1.165) is 96.3 Å². The van der Waals surface area contributed by atoms with Crippen LogP contribution >= 0.6 is 0 Å². The maximum absolute atomic E-state index is 13.0. The lowest BCUT2D eigenvalue weighted by Gasteiger charge is -2.18. The lowest BCUT2D eigenvalue weighted by atomic mass is 10.0. The molecule has 0 spiro atoms. The summed E-state index contributed by atoms with van der Waals surface area (Å²) in [4.78, 5) is 38.4. The first-order chi connectivity index (χ1) is 40.0. The molecule has 0 radical (unpaired) electrons. The summed E-state index contributed by atoms with van der Waals surface area (Å²) in [6, 6.07) is 0. The van der Waals surface area contributed by atoms with Crippen molar-refractivity contribution in [1.29, 1.82) is 0 Å². The normalized spacial score (nSPS) is 12.5. The number of hydrogen-bond donors (Lipinski definition) is 0. The van der Waals surface area contributed by atoms with Crippen LogP contribution in [0.15, 0.2) is 72.9 Å². The number of allylic oxidation sites excluding steroid dienone is 12. The minimum atomic E-state index is -0.775. The molecule has 0 saturated carbocycles. The molecule has 0 fully saturated rings.